The van der Waals surface area contributed by atoms with Crippen molar-refractivity contribution in [1.82, 2.24) is 4.31 Å². The SMILES string of the molecule is COC(=O)[C@@]12CCCC[C@@H]1CN(S(=O)(=O)C1CC1)C2. The Bertz CT molecular complexity index is 485. The Morgan fingerprint density at radius 1 is 1.26 bits per heavy atom. The number of nitrogens with zero attached hydrogens (tertiary/aromatic N) is 1. The summed E-state index contributed by atoms with van der Waals surface area (Å²) in [6.07, 6.45) is 5.32. The summed E-state index contributed by atoms with van der Waals surface area (Å²) >= 11 is 0. The Kier molecular flexibility index (Phi) is 3.13. The lowest BCUT2D eigenvalue weighted by Gasteiger charge is -2.35. The summed E-state index contributed by atoms with van der Waals surface area (Å²) in [5.41, 5.74) is -0.574. The lowest BCUT2D eigenvalue weighted by Crippen LogP contribution is -2.42. The molecule has 0 spiro atoms. The van der Waals surface area contributed by atoms with Crippen molar-refractivity contribution < 1.29 is 17.9 Å². The summed E-state index contributed by atoms with van der Waals surface area (Å²) in [7, 11) is -1.77. The van der Waals surface area contributed by atoms with E-state index in [0.717, 1.165) is 38.5 Å². The highest BCUT2D eigenvalue weighted by atomic mass is 32.2. The fraction of sp³-hybridized carbons (Fsp3) is 0.923. The van der Waals surface area contributed by atoms with Gasteiger partial charge in [-0.1, -0.05) is 12.8 Å². The molecule has 0 radical (unpaired) electrons. The van der Waals surface area contributed by atoms with Crippen LogP contribution < -0.4 is 0 Å². The first-order valence-corrected chi connectivity index (χ1v) is 8.58. The summed E-state index contributed by atoms with van der Waals surface area (Å²) in [6.45, 7) is 0.844. The molecule has 0 unspecified atom stereocenters. The minimum atomic E-state index is -3.18. The van der Waals surface area contributed by atoms with Gasteiger partial charge in [0.05, 0.1) is 17.8 Å². The van der Waals surface area contributed by atoms with Crippen molar-refractivity contribution in [3.05, 3.63) is 0 Å². The first kappa shape index (κ1) is 13.4. The van der Waals surface area contributed by atoms with Gasteiger partial charge >= 0.3 is 5.97 Å². The molecule has 3 rings (SSSR count). The number of hydrogen-bond donors (Lipinski definition) is 0. The highest BCUT2D eigenvalue weighted by Gasteiger charge is 2.57. The molecule has 108 valence electrons. The first-order valence-electron chi connectivity index (χ1n) is 7.08. The molecule has 5 nitrogen and oxygen atoms in total. The fourth-order valence-corrected chi connectivity index (χ4v) is 5.67. The van der Waals surface area contributed by atoms with Gasteiger partial charge in [0.15, 0.2) is 0 Å². The van der Waals surface area contributed by atoms with E-state index in [1.807, 2.05) is 0 Å². The van der Waals surface area contributed by atoms with Crippen LogP contribution in [0.1, 0.15) is 38.5 Å². The van der Waals surface area contributed by atoms with Gasteiger partial charge in [-0.3, -0.25) is 4.79 Å². The van der Waals surface area contributed by atoms with Gasteiger partial charge in [-0.2, -0.15) is 0 Å². The maximum Gasteiger partial charge on any atom is 0.313 e. The minimum absolute atomic E-state index is 0.141. The molecule has 19 heavy (non-hydrogen) atoms. The Morgan fingerprint density at radius 2 is 2.00 bits per heavy atom. The van der Waals surface area contributed by atoms with Crippen LogP contribution >= 0.6 is 0 Å². The van der Waals surface area contributed by atoms with Crippen molar-refractivity contribution in [3.8, 4) is 0 Å². The first-order chi connectivity index (χ1) is 9.00. The molecule has 0 aromatic heterocycles. The van der Waals surface area contributed by atoms with Gasteiger partial charge in [-0.05, 0) is 31.6 Å². The predicted octanol–water partition coefficient (Wildman–Crippen LogP) is 1.14. The van der Waals surface area contributed by atoms with E-state index in [0.29, 0.717) is 13.1 Å². The number of carbonyl (C=O) groups excluding carboxylic acids is 1. The molecule has 6 heteroatoms. The number of rotatable bonds is 3. The molecule has 0 aromatic rings. The largest absolute Gasteiger partial charge is 0.469 e. The monoisotopic (exact) mass is 287 g/mol. The lowest BCUT2D eigenvalue weighted by atomic mass is 9.68. The molecule has 2 aliphatic carbocycles. The number of fused-ring (bicyclic) bond motifs is 1. The average Bonchev–Trinajstić information content (AvgIpc) is 3.18. The maximum absolute atomic E-state index is 12.4. The number of sulfonamides is 1. The van der Waals surface area contributed by atoms with Gasteiger partial charge in [-0.15, -0.1) is 0 Å². The lowest BCUT2D eigenvalue weighted by molar-refractivity contribution is -0.156. The van der Waals surface area contributed by atoms with E-state index in [1.54, 1.807) is 4.31 Å². The Balaban J connectivity index is 1.88. The van der Waals surface area contributed by atoms with Crippen LogP contribution in [0.4, 0.5) is 0 Å². The zero-order chi connectivity index (χ0) is 13.7. The van der Waals surface area contributed by atoms with Gasteiger partial charge in [0.2, 0.25) is 10.0 Å². The van der Waals surface area contributed by atoms with E-state index in [9.17, 15) is 13.2 Å². The van der Waals surface area contributed by atoms with Crippen LogP contribution in [0.25, 0.3) is 0 Å². The number of hydrogen-bond acceptors (Lipinski definition) is 4. The van der Waals surface area contributed by atoms with Crippen LogP contribution in [0.2, 0.25) is 0 Å². The van der Waals surface area contributed by atoms with E-state index in [2.05, 4.69) is 0 Å². The third kappa shape index (κ3) is 2.00. The van der Waals surface area contributed by atoms with Crippen molar-refractivity contribution >= 4 is 16.0 Å². The van der Waals surface area contributed by atoms with Crippen molar-refractivity contribution in [2.45, 2.75) is 43.8 Å². The molecule has 1 aliphatic heterocycles. The van der Waals surface area contributed by atoms with Crippen LogP contribution in [0.15, 0.2) is 0 Å². The van der Waals surface area contributed by atoms with Gasteiger partial charge < -0.3 is 4.74 Å². The van der Waals surface area contributed by atoms with Crippen molar-refractivity contribution in [2.75, 3.05) is 20.2 Å². The molecule has 2 saturated carbocycles. The minimum Gasteiger partial charge on any atom is -0.469 e. The molecule has 0 aromatic carbocycles. The third-order valence-corrected chi connectivity index (χ3v) is 7.30. The van der Waals surface area contributed by atoms with Crippen LogP contribution in [-0.4, -0.2) is 44.1 Å². The normalized spacial score (nSPS) is 35.9. The second kappa shape index (κ2) is 4.45. The summed E-state index contributed by atoms with van der Waals surface area (Å²) in [5.74, 6) is -0.0760. The molecular formula is C13H21NO4S. The molecule has 3 aliphatic rings. The quantitative estimate of drug-likeness (QED) is 0.730. The highest BCUT2D eigenvalue weighted by molar-refractivity contribution is 7.90. The van der Waals surface area contributed by atoms with Crippen molar-refractivity contribution in [2.24, 2.45) is 11.3 Å². The van der Waals surface area contributed by atoms with E-state index in [-0.39, 0.29) is 17.1 Å². The topological polar surface area (TPSA) is 63.7 Å². The van der Waals surface area contributed by atoms with Crippen LogP contribution in [0.5, 0.6) is 0 Å². The molecule has 0 amide bonds. The molecular weight excluding hydrogens is 266 g/mol. The van der Waals surface area contributed by atoms with Crippen molar-refractivity contribution in [3.63, 3.8) is 0 Å². The molecule has 1 saturated heterocycles. The van der Waals surface area contributed by atoms with Crippen LogP contribution in [0, 0.1) is 11.3 Å². The number of esters is 1. The van der Waals surface area contributed by atoms with Gasteiger partial charge in [0.25, 0.3) is 0 Å². The van der Waals surface area contributed by atoms with Gasteiger partial charge in [0.1, 0.15) is 0 Å². The molecule has 3 fully saturated rings. The summed E-state index contributed by atoms with van der Waals surface area (Å²) < 4.78 is 31.3. The smallest absolute Gasteiger partial charge is 0.313 e. The second-order valence-corrected chi connectivity index (χ2v) is 8.34. The van der Waals surface area contributed by atoms with Gasteiger partial charge in [-0.25, -0.2) is 12.7 Å². The predicted molar refractivity (Wildman–Crippen MR) is 69.9 cm³/mol. The Labute approximate surface area is 114 Å². The highest BCUT2D eigenvalue weighted by Crippen LogP contribution is 2.49. The summed E-state index contributed by atoms with van der Waals surface area (Å²) in [5, 5.41) is -0.192. The van der Waals surface area contributed by atoms with Crippen LogP contribution in [0.3, 0.4) is 0 Å². The average molecular weight is 287 g/mol. The summed E-state index contributed by atoms with van der Waals surface area (Å²) in [4.78, 5) is 12.2. The number of methoxy groups -OCH3 is 1. The number of carbonyl (C=O) groups is 1. The standard InChI is InChI=1S/C13H21NO4S/c1-18-12(15)13-7-3-2-4-10(13)8-14(9-13)19(16,17)11-5-6-11/h10-11H,2-9H2,1H3/t10-,13-/m1/s1. The fourth-order valence-electron chi connectivity index (χ4n) is 3.72. The van der Waals surface area contributed by atoms with Gasteiger partial charge in [0, 0.05) is 13.1 Å². The molecule has 0 bridgehead atoms. The van der Waals surface area contributed by atoms with E-state index in [4.69, 9.17) is 4.74 Å². The Hall–Kier alpha value is -0.620. The van der Waals surface area contributed by atoms with Crippen molar-refractivity contribution in [1.29, 1.82) is 0 Å². The Morgan fingerprint density at radius 3 is 2.63 bits per heavy atom. The van der Waals surface area contributed by atoms with Crippen LogP contribution in [-0.2, 0) is 19.6 Å². The van der Waals surface area contributed by atoms with E-state index < -0.39 is 15.4 Å². The van der Waals surface area contributed by atoms with E-state index in [1.165, 1.54) is 7.11 Å². The third-order valence-electron chi connectivity index (χ3n) is 4.99. The number of ether oxygens (including phenoxy) is 1. The van der Waals surface area contributed by atoms with E-state index >= 15 is 0 Å². The summed E-state index contributed by atoms with van der Waals surface area (Å²) in [6, 6.07) is 0. The second-order valence-electron chi connectivity index (χ2n) is 6.13. The molecule has 1 heterocycles. The maximum atomic E-state index is 12.4. The zero-order valence-corrected chi connectivity index (χ0v) is 12.1. The molecule has 0 N–H and O–H groups in total. The zero-order valence-electron chi connectivity index (χ0n) is 11.3. The molecule has 2 atom stereocenters.